The summed E-state index contributed by atoms with van der Waals surface area (Å²) in [6.07, 6.45) is 1.84. The Morgan fingerprint density at radius 2 is 2.19 bits per heavy atom. The van der Waals surface area contributed by atoms with Gasteiger partial charge < -0.3 is 20.6 Å². The molecule has 0 spiro atoms. The van der Waals surface area contributed by atoms with Crippen molar-refractivity contribution in [3.8, 4) is 5.75 Å². The quantitative estimate of drug-likeness (QED) is 0.378. The molecule has 6 heteroatoms. The minimum Gasteiger partial charge on any atom is -0.497 e. The van der Waals surface area contributed by atoms with E-state index in [1.165, 1.54) is 0 Å². The molecular weight excluding hydrogens is 270 g/mol. The van der Waals surface area contributed by atoms with Crippen LogP contribution in [0, 0.1) is 5.92 Å². The maximum Gasteiger partial charge on any atom is 0.226 e. The molecule has 0 unspecified atom stereocenters. The van der Waals surface area contributed by atoms with Gasteiger partial charge in [-0.3, -0.25) is 4.79 Å². The summed E-state index contributed by atoms with van der Waals surface area (Å²) in [6.45, 7) is 1.29. The Bertz CT molecular complexity index is 523. The summed E-state index contributed by atoms with van der Waals surface area (Å²) in [5, 5.41) is 11.7. The molecule has 6 nitrogen and oxygen atoms in total. The average molecular weight is 291 g/mol. The first kappa shape index (κ1) is 15.2. The van der Waals surface area contributed by atoms with E-state index in [1.54, 1.807) is 7.11 Å². The number of rotatable bonds is 4. The fraction of sp³-hybridized carbons (Fsp3) is 0.467. The number of hydrogen-bond donors (Lipinski definition) is 2. The molecule has 1 amide bonds. The van der Waals surface area contributed by atoms with Gasteiger partial charge in [0.2, 0.25) is 5.91 Å². The van der Waals surface area contributed by atoms with E-state index < -0.39 is 0 Å². The number of carbonyl (C=O) groups is 1. The first-order valence-electron chi connectivity index (χ1n) is 7.02. The van der Waals surface area contributed by atoms with Crippen LogP contribution in [0.1, 0.15) is 18.4 Å². The molecule has 1 saturated heterocycles. The van der Waals surface area contributed by atoms with E-state index in [4.69, 9.17) is 15.7 Å². The fourth-order valence-corrected chi connectivity index (χ4v) is 2.58. The predicted octanol–water partition coefficient (Wildman–Crippen LogP) is 1.22. The second-order valence-corrected chi connectivity index (χ2v) is 5.21. The Balaban J connectivity index is 1.90. The number of likely N-dealkylation sites (tertiary alicyclic amines) is 1. The van der Waals surface area contributed by atoms with E-state index >= 15 is 0 Å². The number of amides is 1. The standard InChI is InChI=1S/C15H21N3O3/c1-21-13-4-2-3-11(9-13)10-14(19)18-7-5-12(6-8-18)15(16)17-20/h2-4,9,12,20H,5-8,10H2,1H3,(H2,16,17). The SMILES string of the molecule is COc1cccc(CC(=O)N2CCC(C(N)=NO)CC2)c1. The number of benzene rings is 1. The van der Waals surface area contributed by atoms with Crippen molar-refractivity contribution in [3.63, 3.8) is 0 Å². The highest BCUT2D eigenvalue weighted by molar-refractivity contribution is 5.83. The third kappa shape index (κ3) is 3.87. The van der Waals surface area contributed by atoms with Gasteiger partial charge in [-0.15, -0.1) is 0 Å². The average Bonchev–Trinajstić information content (AvgIpc) is 2.54. The Labute approximate surface area is 124 Å². The van der Waals surface area contributed by atoms with Crippen molar-refractivity contribution < 1.29 is 14.7 Å². The van der Waals surface area contributed by atoms with Crippen LogP contribution in [-0.2, 0) is 11.2 Å². The lowest BCUT2D eigenvalue weighted by atomic mass is 9.95. The number of amidine groups is 1. The molecule has 1 aromatic carbocycles. The first-order valence-corrected chi connectivity index (χ1v) is 7.02. The molecule has 1 fully saturated rings. The molecule has 0 aliphatic carbocycles. The third-order valence-electron chi connectivity index (χ3n) is 3.87. The van der Waals surface area contributed by atoms with Gasteiger partial charge in [0.25, 0.3) is 0 Å². The van der Waals surface area contributed by atoms with E-state index in [2.05, 4.69) is 5.16 Å². The molecule has 1 aromatic rings. The largest absolute Gasteiger partial charge is 0.497 e. The van der Waals surface area contributed by atoms with Crippen LogP contribution >= 0.6 is 0 Å². The Kier molecular flexibility index (Phi) is 5.03. The van der Waals surface area contributed by atoms with Crippen molar-refractivity contribution in [2.24, 2.45) is 16.8 Å². The fourth-order valence-electron chi connectivity index (χ4n) is 2.58. The zero-order chi connectivity index (χ0) is 15.2. The van der Waals surface area contributed by atoms with Gasteiger partial charge in [-0.1, -0.05) is 17.3 Å². The molecule has 114 valence electrons. The normalized spacial score (nSPS) is 16.8. The summed E-state index contributed by atoms with van der Waals surface area (Å²) in [5.41, 5.74) is 6.55. The number of piperidine rings is 1. The summed E-state index contributed by atoms with van der Waals surface area (Å²) < 4.78 is 5.16. The van der Waals surface area contributed by atoms with Gasteiger partial charge in [-0.05, 0) is 30.5 Å². The molecule has 0 radical (unpaired) electrons. The van der Waals surface area contributed by atoms with Crippen LogP contribution in [0.2, 0.25) is 0 Å². The van der Waals surface area contributed by atoms with Gasteiger partial charge in [-0.25, -0.2) is 0 Å². The lowest BCUT2D eigenvalue weighted by Gasteiger charge is -2.31. The van der Waals surface area contributed by atoms with Gasteiger partial charge in [-0.2, -0.15) is 0 Å². The molecule has 0 aromatic heterocycles. The minimum atomic E-state index is 0.0656. The molecule has 1 heterocycles. The topological polar surface area (TPSA) is 88.2 Å². The van der Waals surface area contributed by atoms with Crippen LogP contribution < -0.4 is 10.5 Å². The van der Waals surface area contributed by atoms with E-state index in [1.807, 2.05) is 29.2 Å². The number of hydrogen-bond acceptors (Lipinski definition) is 4. The van der Waals surface area contributed by atoms with Crippen LogP contribution in [0.3, 0.4) is 0 Å². The lowest BCUT2D eigenvalue weighted by Crippen LogP contribution is -2.42. The maximum atomic E-state index is 12.3. The second-order valence-electron chi connectivity index (χ2n) is 5.21. The molecule has 0 saturated carbocycles. The third-order valence-corrected chi connectivity index (χ3v) is 3.87. The molecule has 0 bridgehead atoms. The number of ether oxygens (including phenoxy) is 1. The molecule has 2 rings (SSSR count). The van der Waals surface area contributed by atoms with Crippen LogP contribution in [0.5, 0.6) is 5.75 Å². The van der Waals surface area contributed by atoms with Gasteiger partial charge in [0.1, 0.15) is 11.6 Å². The summed E-state index contributed by atoms with van der Waals surface area (Å²) in [6, 6.07) is 7.53. The van der Waals surface area contributed by atoms with Gasteiger partial charge in [0.05, 0.1) is 13.5 Å². The van der Waals surface area contributed by atoms with Gasteiger partial charge >= 0.3 is 0 Å². The van der Waals surface area contributed by atoms with Crippen LogP contribution in [0.15, 0.2) is 29.4 Å². The van der Waals surface area contributed by atoms with E-state index in [0.717, 1.165) is 24.2 Å². The monoisotopic (exact) mass is 291 g/mol. The van der Waals surface area contributed by atoms with Crippen molar-refractivity contribution in [2.75, 3.05) is 20.2 Å². The number of carbonyl (C=O) groups excluding carboxylic acids is 1. The number of oxime groups is 1. The number of nitrogens with zero attached hydrogens (tertiary/aromatic N) is 2. The molecule has 1 aliphatic heterocycles. The zero-order valence-corrected chi connectivity index (χ0v) is 12.2. The van der Waals surface area contributed by atoms with Crippen LogP contribution in [0.4, 0.5) is 0 Å². The van der Waals surface area contributed by atoms with Gasteiger partial charge in [0, 0.05) is 19.0 Å². The molecular formula is C15H21N3O3. The van der Waals surface area contributed by atoms with Gasteiger partial charge in [0.15, 0.2) is 0 Å². The maximum absolute atomic E-state index is 12.3. The highest BCUT2D eigenvalue weighted by Crippen LogP contribution is 2.19. The van der Waals surface area contributed by atoms with Crippen molar-refractivity contribution in [1.82, 2.24) is 4.90 Å². The lowest BCUT2D eigenvalue weighted by molar-refractivity contribution is -0.131. The predicted molar refractivity (Wildman–Crippen MR) is 79.4 cm³/mol. The van der Waals surface area contributed by atoms with Crippen molar-refractivity contribution >= 4 is 11.7 Å². The number of nitrogens with two attached hydrogens (primary N) is 1. The highest BCUT2D eigenvalue weighted by Gasteiger charge is 2.25. The Morgan fingerprint density at radius 3 is 2.81 bits per heavy atom. The summed E-state index contributed by atoms with van der Waals surface area (Å²) >= 11 is 0. The second kappa shape index (κ2) is 6.97. The Morgan fingerprint density at radius 1 is 1.48 bits per heavy atom. The molecule has 3 N–H and O–H groups in total. The smallest absolute Gasteiger partial charge is 0.226 e. The minimum absolute atomic E-state index is 0.0656. The van der Waals surface area contributed by atoms with Crippen molar-refractivity contribution in [2.45, 2.75) is 19.3 Å². The molecule has 21 heavy (non-hydrogen) atoms. The summed E-state index contributed by atoms with van der Waals surface area (Å²) in [4.78, 5) is 14.1. The van der Waals surface area contributed by atoms with E-state index in [9.17, 15) is 4.79 Å². The summed E-state index contributed by atoms with van der Waals surface area (Å²) in [5.74, 6) is 1.18. The first-order chi connectivity index (χ1) is 10.1. The Hall–Kier alpha value is -2.24. The molecule has 0 atom stereocenters. The van der Waals surface area contributed by atoms with Crippen molar-refractivity contribution in [1.29, 1.82) is 0 Å². The van der Waals surface area contributed by atoms with Crippen molar-refractivity contribution in [3.05, 3.63) is 29.8 Å². The zero-order valence-electron chi connectivity index (χ0n) is 12.2. The van der Waals surface area contributed by atoms with E-state index in [0.29, 0.717) is 19.5 Å². The summed E-state index contributed by atoms with van der Waals surface area (Å²) in [7, 11) is 1.61. The molecule has 1 aliphatic rings. The highest BCUT2D eigenvalue weighted by atomic mass is 16.5. The van der Waals surface area contributed by atoms with Crippen LogP contribution in [-0.4, -0.2) is 42.0 Å². The number of methoxy groups -OCH3 is 1. The van der Waals surface area contributed by atoms with E-state index in [-0.39, 0.29) is 17.7 Å². The van der Waals surface area contributed by atoms with Crippen LogP contribution in [0.25, 0.3) is 0 Å².